The molecule has 2 rings (SSSR count). The number of hydrogen-bond acceptors (Lipinski definition) is 5. The van der Waals surface area contributed by atoms with E-state index in [1.165, 1.54) is 32.4 Å². The minimum Gasteiger partial charge on any atom is -0.503 e. The third-order valence-corrected chi connectivity index (χ3v) is 3.36. The van der Waals surface area contributed by atoms with Gasteiger partial charge in [0.1, 0.15) is 22.8 Å². The van der Waals surface area contributed by atoms with E-state index in [2.05, 4.69) is 4.74 Å². The van der Waals surface area contributed by atoms with E-state index in [-0.39, 0.29) is 17.1 Å². The van der Waals surface area contributed by atoms with Crippen LogP contribution in [0.5, 0.6) is 17.2 Å². The summed E-state index contributed by atoms with van der Waals surface area (Å²) in [7, 11) is 2.54. The predicted octanol–water partition coefficient (Wildman–Crippen LogP) is 4.88. The molecule has 0 atom stereocenters. The number of alkyl halides is 4. The minimum atomic E-state index is -4.64. The summed E-state index contributed by atoms with van der Waals surface area (Å²) in [5.41, 5.74) is 0.359. The third-order valence-electron chi connectivity index (χ3n) is 3.36. The zero-order chi connectivity index (χ0) is 20.7. The molecule has 0 aliphatic carbocycles. The first-order valence-corrected chi connectivity index (χ1v) is 7.82. The summed E-state index contributed by atoms with van der Waals surface area (Å²) in [5, 5.41) is 0. The second-order valence-electron chi connectivity index (χ2n) is 5.30. The molecule has 0 amide bonds. The number of hydrogen-bond donors (Lipinski definition) is 0. The van der Waals surface area contributed by atoms with Crippen molar-refractivity contribution >= 4 is 11.5 Å². The Bertz CT molecular complexity index is 852. The number of para-hydroxylation sites is 1. The molecule has 0 unspecified atom stereocenters. The zero-order valence-corrected chi connectivity index (χ0v) is 14.8. The van der Waals surface area contributed by atoms with E-state index in [1.807, 2.05) is 0 Å². The van der Waals surface area contributed by atoms with Crippen molar-refractivity contribution in [1.29, 1.82) is 0 Å². The zero-order valence-electron chi connectivity index (χ0n) is 14.8. The molecule has 2 aromatic carbocycles. The van der Waals surface area contributed by atoms with Crippen LogP contribution in [0.1, 0.15) is 5.56 Å². The topological polar surface area (TPSA) is 54.0 Å². The molecule has 2 aromatic rings. The fourth-order valence-electron chi connectivity index (χ4n) is 2.16. The van der Waals surface area contributed by atoms with E-state index in [0.29, 0.717) is 5.56 Å². The molecular weight excluding hydrogens is 384 g/mol. The van der Waals surface area contributed by atoms with E-state index in [4.69, 9.17) is 14.2 Å². The summed E-state index contributed by atoms with van der Waals surface area (Å²) >= 11 is 0. The predicted molar refractivity (Wildman–Crippen MR) is 91.5 cm³/mol. The van der Waals surface area contributed by atoms with Crippen LogP contribution in [0, 0.1) is 0 Å². The molecule has 5 nitrogen and oxygen atoms in total. The largest absolute Gasteiger partial charge is 0.503 e. The van der Waals surface area contributed by atoms with Crippen molar-refractivity contribution in [1.82, 2.24) is 0 Å². The second-order valence-corrected chi connectivity index (χ2v) is 5.30. The first kappa shape index (κ1) is 21.1. The molecule has 0 aliphatic rings. The highest BCUT2D eigenvalue weighted by atomic mass is 19.3. The van der Waals surface area contributed by atoms with E-state index >= 15 is 0 Å². The summed E-state index contributed by atoms with van der Waals surface area (Å²) in [5.74, 6) is -1.00. The van der Waals surface area contributed by atoms with Crippen LogP contribution in [-0.4, -0.2) is 32.7 Å². The number of benzene rings is 2. The number of carbonyl (C=O) groups is 1. The van der Waals surface area contributed by atoms with Crippen molar-refractivity contribution in [3.63, 3.8) is 0 Å². The second kappa shape index (κ2) is 9.12. The molecule has 0 radical (unpaired) electrons. The van der Waals surface area contributed by atoms with Gasteiger partial charge >= 0.3 is 18.5 Å². The van der Waals surface area contributed by atoms with Gasteiger partial charge in [0.25, 0.3) is 0 Å². The highest BCUT2D eigenvalue weighted by Gasteiger charge is 2.44. The van der Waals surface area contributed by atoms with Crippen molar-refractivity contribution in [3.8, 4) is 17.2 Å². The lowest BCUT2D eigenvalue weighted by Gasteiger charge is -2.17. The monoisotopic (exact) mass is 400 g/mol. The van der Waals surface area contributed by atoms with E-state index < -0.39 is 24.3 Å². The Labute approximate surface area is 158 Å². The van der Waals surface area contributed by atoms with Crippen molar-refractivity contribution in [2.24, 2.45) is 0 Å². The van der Waals surface area contributed by atoms with Crippen LogP contribution in [-0.2, 0) is 14.3 Å². The molecule has 0 aromatic heterocycles. The molecule has 0 saturated heterocycles. The quantitative estimate of drug-likeness (QED) is 0.274. The highest BCUT2D eigenvalue weighted by molar-refractivity contribution is 6.17. The summed E-state index contributed by atoms with van der Waals surface area (Å²) in [6, 6.07) is 11.1. The number of ether oxygens (including phenoxy) is 4. The lowest BCUT2D eigenvalue weighted by molar-refractivity contribution is -0.253. The number of esters is 1. The standard InChI is InChI=1S/C19H16F4O5/c1-25-11-15(17(24)26-2)14-8-3-4-9-16(14)27-12-6-5-7-13(10-12)28-19(22,23)18(20)21/h3-11,18H,1-2H3/b15-11+. The van der Waals surface area contributed by atoms with Crippen molar-refractivity contribution < 1.29 is 41.3 Å². The van der Waals surface area contributed by atoms with Gasteiger partial charge in [-0.05, 0) is 18.2 Å². The van der Waals surface area contributed by atoms with E-state index in [1.54, 1.807) is 18.2 Å². The molecule has 0 spiro atoms. The Kier molecular flexibility index (Phi) is 6.86. The maximum absolute atomic E-state index is 13.1. The van der Waals surface area contributed by atoms with Gasteiger partial charge in [0.15, 0.2) is 0 Å². The summed E-state index contributed by atoms with van der Waals surface area (Å²) in [6.45, 7) is 0. The Morgan fingerprint density at radius 2 is 1.71 bits per heavy atom. The Morgan fingerprint density at radius 1 is 1.04 bits per heavy atom. The van der Waals surface area contributed by atoms with E-state index in [0.717, 1.165) is 18.4 Å². The van der Waals surface area contributed by atoms with Crippen molar-refractivity contribution in [2.75, 3.05) is 14.2 Å². The van der Waals surface area contributed by atoms with Gasteiger partial charge in [-0.3, -0.25) is 0 Å². The number of rotatable bonds is 8. The van der Waals surface area contributed by atoms with Crippen molar-refractivity contribution in [3.05, 3.63) is 60.4 Å². The van der Waals surface area contributed by atoms with Crippen molar-refractivity contribution in [2.45, 2.75) is 12.5 Å². The molecule has 0 bridgehead atoms. The molecule has 150 valence electrons. The van der Waals surface area contributed by atoms with Gasteiger partial charge < -0.3 is 18.9 Å². The van der Waals surface area contributed by atoms with Crippen LogP contribution >= 0.6 is 0 Å². The minimum absolute atomic E-state index is 0.0247. The fraction of sp³-hybridized carbons (Fsp3) is 0.211. The number of methoxy groups -OCH3 is 2. The lowest BCUT2D eigenvalue weighted by atomic mass is 10.1. The van der Waals surface area contributed by atoms with Crippen LogP contribution in [0.2, 0.25) is 0 Å². The normalized spacial score (nSPS) is 11.9. The summed E-state index contributed by atoms with van der Waals surface area (Å²) in [4.78, 5) is 12.0. The average Bonchev–Trinajstić information content (AvgIpc) is 2.66. The fourth-order valence-corrected chi connectivity index (χ4v) is 2.16. The van der Waals surface area contributed by atoms with Crippen LogP contribution in [0.15, 0.2) is 54.8 Å². The molecule has 0 aliphatic heterocycles. The van der Waals surface area contributed by atoms with Gasteiger partial charge in [-0.25, -0.2) is 4.79 Å². The van der Waals surface area contributed by atoms with Crippen LogP contribution in [0.3, 0.4) is 0 Å². The van der Waals surface area contributed by atoms with Gasteiger partial charge in [-0.2, -0.15) is 17.6 Å². The Morgan fingerprint density at radius 3 is 2.36 bits per heavy atom. The Hall–Kier alpha value is -3.23. The smallest absolute Gasteiger partial charge is 0.461 e. The first-order valence-electron chi connectivity index (χ1n) is 7.82. The molecule has 0 N–H and O–H groups in total. The molecule has 28 heavy (non-hydrogen) atoms. The Balaban J connectivity index is 2.34. The third kappa shape index (κ3) is 5.15. The molecule has 0 heterocycles. The van der Waals surface area contributed by atoms with Crippen LogP contribution in [0.4, 0.5) is 17.6 Å². The van der Waals surface area contributed by atoms with Gasteiger partial charge in [0.05, 0.1) is 20.5 Å². The van der Waals surface area contributed by atoms with E-state index in [9.17, 15) is 22.4 Å². The summed E-state index contributed by atoms with van der Waals surface area (Å²) in [6.07, 6.45) is -7.47. The molecule has 0 fully saturated rings. The van der Waals surface area contributed by atoms with Gasteiger partial charge in [0.2, 0.25) is 0 Å². The highest BCUT2D eigenvalue weighted by Crippen LogP contribution is 2.34. The molecule has 9 heteroatoms. The molecular formula is C19H16F4O5. The van der Waals surface area contributed by atoms with Crippen LogP contribution < -0.4 is 9.47 Å². The summed E-state index contributed by atoms with van der Waals surface area (Å²) < 4.78 is 70.0. The van der Waals surface area contributed by atoms with Crippen LogP contribution in [0.25, 0.3) is 5.57 Å². The SMILES string of the molecule is CO/C=C(/C(=O)OC)c1ccccc1Oc1cccc(OC(F)(F)C(F)F)c1. The van der Waals surface area contributed by atoms with Gasteiger partial charge in [-0.1, -0.05) is 24.3 Å². The lowest BCUT2D eigenvalue weighted by Crippen LogP contribution is -2.33. The average molecular weight is 400 g/mol. The van der Waals surface area contributed by atoms with Gasteiger partial charge in [0, 0.05) is 11.6 Å². The molecule has 0 saturated carbocycles. The number of halogens is 4. The maximum atomic E-state index is 13.1. The number of carbonyl (C=O) groups excluding carboxylic acids is 1. The van der Waals surface area contributed by atoms with Gasteiger partial charge in [-0.15, -0.1) is 0 Å². The first-order chi connectivity index (χ1) is 13.3. The maximum Gasteiger partial charge on any atom is 0.461 e.